The zero-order chi connectivity index (χ0) is 18.4. The summed E-state index contributed by atoms with van der Waals surface area (Å²) in [4.78, 5) is 18.7. The topological polar surface area (TPSA) is 80.5 Å². The summed E-state index contributed by atoms with van der Waals surface area (Å²) in [5, 5.41) is 7.83. The Labute approximate surface area is 157 Å². The van der Waals surface area contributed by atoms with Crippen molar-refractivity contribution < 1.29 is 14.1 Å². The van der Waals surface area contributed by atoms with Crippen molar-refractivity contribution >= 4 is 17.5 Å². The molecule has 7 nitrogen and oxygen atoms in total. The van der Waals surface area contributed by atoms with Gasteiger partial charge >= 0.3 is 0 Å². The smallest absolute Gasteiger partial charge is 0.236 e. The standard InChI is InChI=1S/C18H23ClN4O3/c1-25-10-8-20-11-16(24)23-9-2-3-14(12-23)18-21-17(22-26-18)13-4-6-15(19)7-5-13/h4-7,14,20H,2-3,8-12H2,1H3. The molecule has 1 aromatic carbocycles. The lowest BCUT2D eigenvalue weighted by molar-refractivity contribution is -0.131. The third-order valence-electron chi connectivity index (χ3n) is 4.43. The molecular weight excluding hydrogens is 356 g/mol. The van der Waals surface area contributed by atoms with Crippen molar-refractivity contribution in [3.05, 3.63) is 35.2 Å². The van der Waals surface area contributed by atoms with Crippen LogP contribution in [0.25, 0.3) is 11.4 Å². The van der Waals surface area contributed by atoms with Gasteiger partial charge in [0.2, 0.25) is 17.6 Å². The van der Waals surface area contributed by atoms with Gasteiger partial charge in [-0.25, -0.2) is 0 Å². The second-order valence-corrected chi connectivity index (χ2v) is 6.75. The minimum Gasteiger partial charge on any atom is -0.383 e. The molecular formula is C18H23ClN4O3. The summed E-state index contributed by atoms with van der Waals surface area (Å²) < 4.78 is 10.4. The largest absolute Gasteiger partial charge is 0.383 e. The lowest BCUT2D eigenvalue weighted by Crippen LogP contribution is -2.43. The summed E-state index contributed by atoms with van der Waals surface area (Å²) in [5.41, 5.74) is 0.857. The molecule has 2 heterocycles. The predicted octanol–water partition coefficient (Wildman–Crippen LogP) is 2.33. The summed E-state index contributed by atoms with van der Waals surface area (Å²) >= 11 is 5.91. The van der Waals surface area contributed by atoms with Gasteiger partial charge in [-0.15, -0.1) is 0 Å². The van der Waals surface area contributed by atoms with Crippen LogP contribution in [0.3, 0.4) is 0 Å². The van der Waals surface area contributed by atoms with E-state index in [2.05, 4.69) is 15.5 Å². The molecule has 0 saturated carbocycles. The average molecular weight is 379 g/mol. The molecule has 1 aliphatic rings. The number of hydrogen-bond donors (Lipinski definition) is 1. The fourth-order valence-electron chi connectivity index (χ4n) is 3.00. The Morgan fingerprint density at radius 3 is 3.00 bits per heavy atom. The first-order chi connectivity index (χ1) is 12.7. The number of carbonyl (C=O) groups excluding carboxylic acids is 1. The first kappa shape index (κ1) is 18.8. The number of halogens is 1. The van der Waals surface area contributed by atoms with E-state index >= 15 is 0 Å². The molecule has 26 heavy (non-hydrogen) atoms. The molecule has 1 unspecified atom stereocenters. The summed E-state index contributed by atoms with van der Waals surface area (Å²) in [6.07, 6.45) is 1.86. The van der Waals surface area contributed by atoms with Gasteiger partial charge in [-0.05, 0) is 37.1 Å². The number of amides is 1. The highest BCUT2D eigenvalue weighted by Crippen LogP contribution is 2.28. The second kappa shape index (κ2) is 9.12. The minimum atomic E-state index is 0.0697. The predicted molar refractivity (Wildman–Crippen MR) is 98.0 cm³/mol. The first-order valence-electron chi connectivity index (χ1n) is 8.74. The number of ether oxygens (including phenoxy) is 1. The molecule has 2 aromatic rings. The molecule has 1 atom stereocenters. The number of hydrogen-bond acceptors (Lipinski definition) is 6. The van der Waals surface area contributed by atoms with E-state index in [9.17, 15) is 4.79 Å². The van der Waals surface area contributed by atoms with Crippen LogP contribution < -0.4 is 5.32 Å². The van der Waals surface area contributed by atoms with E-state index < -0.39 is 0 Å². The lowest BCUT2D eigenvalue weighted by atomic mass is 9.98. The number of methoxy groups -OCH3 is 1. The van der Waals surface area contributed by atoms with E-state index in [1.54, 1.807) is 19.2 Å². The van der Waals surface area contributed by atoms with Crippen LogP contribution in [0.2, 0.25) is 5.02 Å². The molecule has 0 bridgehead atoms. The van der Waals surface area contributed by atoms with Gasteiger partial charge in [0.15, 0.2) is 0 Å². The number of aromatic nitrogens is 2. The van der Waals surface area contributed by atoms with Crippen LogP contribution in [0.4, 0.5) is 0 Å². The SMILES string of the molecule is COCCNCC(=O)N1CCCC(c2nc(-c3ccc(Cl)cc3)no2)C1. The van der Waals surface area contributed by atoms with Crippen molar-refractivity contribution in [3.8, 4) is 11.4 Å². The maximum absolute atomic E-state index is 12.3. The van der Waals surface area contributed by atoms with Crippen LogP contribution in [0.15, 0.2) is 28.8 Å². The summed E-state index contributed by atoms with van der Waals surface area (Å²) in [6, 6.07) is 7.31. The van der Waals surface area contributed by atoms with Gasteiger partial charge in [0.1, 0.15) is 0 Å². The van der Waals surface area contributed by atoms with E-state index in [4.69, 9.17) is 20.9 Å². The molecule has 8 heteroatoms. The lowest BCUT2D eigenvalue weighted by Gasteiger charge is -2.31. The number of likely N-dealkylation sites (tertiary alicyclic amines) is 1. The highest BCUT2D eigenvalue weighted by atomic mass is 35.5. The molecule has 1 aliphatic heterocycles. The fraction of sp³-hybridized carbons (Fsp3) is 0.500. The molecule has 1 amide bonds. The van der Waals surface area contributed by atoms with Gasteiger partial charge < -0.3 is 19.5 Å². The number of benzene rings is 1. The number of nitrogens with one attached hydrogen (secondary N) is 1. The van der Waals surface area contributed by atoms with Crippen molar-refractivity contribution in [2.45, 2.75) is 18.8 Å². The highest BCUT2D eigenvalue weighted by molar-refractivity contribution is 6.30. The van der Waals surface area contributed by atoms with Gasteiger partial charge in [-0.3, -0.25) is 4.79 Å². The van der Waals surface area contributed by atoms with E-state index in [1.807, 2.05) is 17.0 Å². The van der Waals surface area contributed by atoms with Crippen LogP contribution >= 0.6 is 11.6 Å². The molecule has 1 fully saturated rings. The second-order valence-electron chi connectivity index (χ2n) is 6.31. The first-order valence-corrected chi connectivity index (χ1v) is 9.12. The Hall–Kier alpha value is -1.96. The Morgan fingerprint density at radius 1 is 1.42 bits per heavy atom. The Bertz CT molecular complexity index is 719. The van der Waals surface area contributed by atoms with Crippen LogP contribution in [-0.2, 0) is 9.53 Å². The van der Waals surface area contributed by atoms with Crippen LogP contribution in [-0.4, -0.2) is 60.8 Å². The molecule has 1 saturated heterocycles. The maximum atomic E-state index is 12.3. The summed E-state index contributed by atoms with van der Waals surface area (Å²) in [6.45, 7) is 2.93. The van der Waals surface area contributed by atoms with Crippen molar-refractivity contribution in [1.29, 1.82) is 0 Å². The van der Waals surface area contributed by atoms with E-state index in [1.165, 1.54) is 0 Å². The molecule has 140 valence electrons. The quantitative estimate of drug-likeness (QED) is 0.745. The number of carbonyl (C=O) groups is 1. The van der Waals surface area contributed by atoms with E-state index in [-0.39, 0.29) is 11.8 Å². The van der Waals surface area contributed by atoms with Gasteiger partial charge in [0.05, 0.1) is 19.1 Å². The molecule has 1 N–H and O–H groups in total. The van der Waals surface area contributed by atoms with E-state index in [0.717, 1.165) is 24.9 Å². The summed E-state index contributed by atoms with van der Waals surface area (Å²) in [7, 11) is 1.64. The summed E-state index contributed by atoms with van der Waals surface area (Å²) in [5.74, 6) is 1.28. The third-order valence-corrected chi connectivity index (χ3v) is 4.68. The zero-order valence-corrected chi connectivity index (χ0v) is 15.5. The average Bonchev–Trinajstić information content (AvgIpc) is 3.16. The zero-order valence-electron chi connectivity index (χ0n) is 14.8. The number of rotatable bonds is 7. The van der Waals surface area contributed by atoms with Gasteiger partial charge in [0.25, 0.3) is 0 Å². The van der Waals surface area contributed by atoms with Crippen molar-refractivity contribution in [2.24, 2.45) is 0 Å². The molecule has 0 radical (unpaired) electrons. The van der Waals surface area contributed by atoms with Crippen LogP contribution in [0.5, 0.6) is 0 Å². The fourth-order valence-corrected chi connectivity index (χ4v) is 3.13. The van der Waals surface area contributed by atoms with Crippen molar-refractivity contribution in [1.82, 2.24) is 20.4 Å². The minimum absolute atomic E-state index is 0.0697. The molecule has 1 aromatic heterocycles. The molecule has 0 aliphatic carbocycles. The maximum Gasteiger partial charge on any atom is 0.236 e. The molecule has 3 rings (SSSR count). The van der Waals surface area contributed by atoms with Gasteiger partial charge in [-0.1, -0.05) is 16.8 Å². The van der Waals surface area contributed by atoms with Crippen LogP contribution in [0.1, 0.15) is 24.7 Å². The van der Waals surface area contributed by atoms with E-state index in [0.29, 0.717) is 43.0 Å². The number of nitrogens with zero attached hydrogens (tertiary/aromatic N) is 3. The third kappa shape index (κ3) is 4.81. The number of piperidine rings is 1. The highest BCUT2D eigenvalue weighted by Gasteiger charge is 2.28. The Balaban J connectivity index is 1.59. The van der Waals surface area contributed by atoms with Gasteiger partial charge in [0, 0.05) is 37.3 Å². The normalized spacial score (nSPS) is 17.5. The van der Waals surface area contributed by atoms with Crippen molar-refractivity contribution in [3.63, 3.8) is 0 Å². The Kier molecular flexibility index (Phi) is 6.60. The molecule has 0 spiro atoms. The monoisotopic (exact) mass is 378 g/mol. The van der Waals surface area contributed by atoms with Gasteiger partial charge in [-0.2, -0.15) is 4.98 Å². The Morgan fingerprint density at radius 2 is 2.23 bits per heavy atom. The van der Waals surface area contributed by atoms with Crippen LogP contribution in [0, 0.1) is 0 Å². The van der Waals surface area contributed by atoms with Crippen molar-refractivity contribution in [2.75, 3.05) is 39.9 Å².